The molecule has 1 unspecified atom stereocenters. The lowest BCUT2D eigenvalue weighted by Crippen LogP contribution is -2.30. The predicted molar refractivity (Wildman–Crippen MR) is 128 cm³/mol. The summed E-state index contributed by atoms with van der Waals surface area (Å²) in [5, 5.41) is 13.3. The van der Waals surface area contributed by atoms with Crippen molar-refractivity contribution in [2.45, 2.75) is 25.3 Å². The van der Waals surface area contributed by atoms with Crippen molar-refractivity contribution in [2.75, 3.05) is 6.54 Å². The van der Waals surface area contributed by atoms with E-state index in [2.05, 4.69) is 26.2 Å². The molecule has 0 saturated heterocycles. The first-order valence-electron chi connectivity index (χ1n) is 9.86. The van der Waals surface area contributed by atoms with E-state index in [1.165, 1.54) is 0 Å². The zero-order chi connectivity index (χ0) is 22.4. The molecule has 0 aliphatic heterocycles. The minimum atomic E-state index is -1.01. The molecule has 1 aromatic heterocycles. The maximum atomic E-state index is 13.0. The first-order chi connectivity index (χ1) is 14.8. The van der Waals surface area contributed by atoms with E-state index < -0.39 is 12.0 Å². The fraction of sp³-hybridized carbons (Fsp3) is 0.217. The lowest BCUT2D eigenvalue weighted by atomic mass is 10.1. The molecule has 6 nitrogen and oxygen atoms in total. The van der Waals surface area contributed by atoms with Gasteiger partial charge < -0.3 is 21.1 Å². The van der Waals surface area contributed by atoms with Crippen LogP contribution in [-0.2, 0) is 4.79 Å². The van der Waals surface area contributed by atoms with Crippen LogP contribution in [0.15, 0.2) is 46.9 Å². The summed E-state index contributed by atoms with van der Waals surface area (Å²) in [5.74, 6) is -1.20. The lowest BCUT2D eigenvalue weighted by molar-refractivity contribution is -0.138. The smallest absolute Gasteiger partial charge is 0.320 e. The van der Waals surface area contributed by atoms with Gasteiger partial charge in [0.05, 0.1) is 11.3 Å². The molecular formula is C23H23BrClN3O3. The van der Waals surface area contributed by atoms with Crippen molar-refractivity contribution in [3.63, 3.8) is 0 Å². The zero-order valence-corrected chi connectivity index (χ0v) is 19.0. The number of hydrogen-bond acceptors (Lipinski definition) is 3. The molecule has 0 aliphatic carbocycles. The maximum absolute atomic E-state index is 13.0. The molecule has 0 radical (unpaired) electrons. The highest BCUT2D eigenvalue weighted by Gasteiger charge is 2.17. The summed E-state index contributed by atoms with van der Waals surface area (Å²) >= 11 is 9.41. The number of carbonyl (C=O) groups is 2. The molecule has 0 spiro atoms. The van der Waals surface area contributed by atoms with Crippen LogP contribution >= 0.6 is 27.5 Å². The van der Waals surface area contributed by atoms with E-state index >= 15 is 0 Å². The van der Waals surface area contributed by atoms with E-state index in [-0.39, 0.29) is 5.91 Å². The van der Waals surface area contributed by atoms with Crippen LogP contribution in [0, 0.1) is 0 Å². The van der Waals surface area contributed by atoms with E-state index in [0.29, 0.717) is 42.1 Å². The number of halogens is 2. The average Bonchev–Trinajstić information content (AvgIpc) is 3.10. The molecule has 0 saturated carbocycles. The normalized spacial score (nSPS) is 12.4. The summed E-state index contributed by atoms with van der Waals surface area (Å²) in [6.45, 7) is 0.439. The van der Waals surface area contributed by atoms with Crippen LogP contribution in [-0.4, -0.2) is 34.6 Å². The molecule has 162 valence electrons. The van der Waals surface area contributed by atoms with Crippen molar-refractivity contribution < 1.29 is 14.7 Å². The summed E-state index contributed by atoms with van der Waals surface area (Å²) in [6.07, 6.45) is 5.44. The number of aliphatic carboxylic acids is 1. The molecule has 31 heavy (non-hydrogen) atoms. The Balaban J connectivity index is 1.76. The van der Waals surface area contributed by atoms with Crippen LogP contribution in [0.3, 0.4) is 0 Å². The predicted octanol–water partition coefficient (Wildman–Crippen LogP) is 5.07. The van der Waals surface area contributed by atoms with Gasteiger partial charge in [-0.2, -0.15) is 0 Å². The van der Waals surface area contributed by atoms with Crippen LogP contribution in [0.2, 0.25) is 5.02 Å². The second-order valence-corrected chi connectivity index (χ2v) is 8.54. The summed E-state index contributed by atoms with van der Waals surface area (Å²) < 4.78 is 0.913. The van der Waals surface area contributed by atoms with Crippen molar-refractivity contribution in [1.29, 1.82) is 0 Å². The number of nitrogens with two attached hydrogens (primary N) is 1. The fourth-order valence-corrected chi connectivity index (χ4v) is 3.70. The van der Waals surface area contributed by atoms with Gasteiger partial charge in [0.15, 0.2) is 0 Å². The van der Waals surface area contributed by atoms with Crippen LogP contribution < -0.4 is 11.1 Å². The number of carboxylic acid groups (broad SMARTS) is 1. The highest BCUT2D eigenvalue weighted by Crippen LogP contribution is 2.27. The number of carboxylic acids is 1. The second kappa shape index (κ2) is 10.6. The van der Waals surface area contributed by atoms with Gasteiger partial charge in [-0.3, -0.25) is 9.59 Å². The van der Waals surface area contributed by atoms with Crippen molar-refractivity contribution in [1.82, 2.24) is 10.3 Å². The van der Waals surface area contributed by atoms with Crippen LogP contribution in [0.5, 0.6) is 0 Å². The third-order valence-electron chi connectivity index (χ3n) is 4.87. The van der Waals surface area contributed by atoms with Gasteiger partial charge >= 0.3 is 5.97 Å². The third kappa shape index (κ3) is 6.19. The molecule has 3 aromatic rings. The van der Waals surface area contributed by atoms with Gasteiger partial charge in [-0.15, -0.1) is 0 Å². The minimum absolute atomic E-state index is 0.188. The molecule has 8 heteroatoms. The number of hydrogen-bond donors (Lipinski definition) is 4. The molecule has 5 N–H and O–H groups in total. The Morgan fingerprint density at radius 3 is 2.61 bits per heavy atom. The molecular weight excluding hydrogens is 482 g/mol. The van der Waals surface area contributed by atoms with Crippen molar-refractivity contribution in [3.05, 3.63) is 68.8 Å². The Morgan fingerprint density at radius 2 is 1.90 bits per heavy atom. The quantitative estimate of drug-likeness (QED) is 0.305. The first kappa shape index (κ1) is 23.1. The number of aromatic nitrogens is 1. The van der Waals surface area contributed by atoms with Gasteiger partial charge in [-0.25, -0.2) is 0 Å². The molecule has 0 aliphatic rings. The minimum Gasteiger partial charge on any atom is -0.480 e. The van der Waals surface area contributed by atoms with Crippen molar-refractivity contribution >= 4 is 62.5 Å². The number of aromatic amines is 1. The van der Waals surface area contributed by atoms with E-state index in [1.54, 1.807) is 0 Å². The maximum Gasteiger partial charge on any atom is 0.320 e. The fourth-order valence-electron chi connectivity index (χ4n) is 3.22. The molecule has 0 bridgehead atoms. The number of rotatable bonds is 9. The van der Waals surface area contributed by atoms with Crippen LogP contribution in [0.1, 0.15) is 40.9 Å². The summed E-state index contributed by atoms with van der Waals surface area (Å²) in [4.78, 5) is 27.1. The average molecular weight is 505 g/mol. The number of carbonyl (C=O) groups excluding carboxylic acids is 1. The Kier molecular flexibility index (Phi) is 7.90. The number of nitrogens with one attached hydrogen (secondary N) is 2. The Hall–Kier alpha value is -2.61. The van der Waals surface area contributed by atoms with E-state index in [4.69, 9.17) is 22.4 Å². The molecule has 1 heterocycles. The van der Waals surface area contributed by atoms with E-state index in [0.717, 1.165) is 20.9 Å². The SMILES string of the molecule is NC(CCCCNC(=O)c1c(C=Cc2ccc(Cl)cc2)[nH]c2cc(Br)ccc12)C(=O)O. The number of H-pyrrole nitrogens is 1. The van der Waals surface area contributed by atoms with Crippen molar-refractivity contribution in [2.24, 2.45) is 5.73 Å². The molecule has 2 aromatic carbocycles. The van der Waals surface area contributed by atoms with E-state index in [1.807, 2.05) is 54.6 Å². The largest absolute Gasteiger partial charge is 0.480 e. The molecule has 0 fully saturated rings. The van der Waals surface area contributed by atoms with Gasteiger partial charge in [0.25, 0.3) is 5.91 Å². The van der Waals surface area contributed by atoms with E-state index in [9.17, 15) is 9.59 Å². The third-order valence-corrected chi connectivity index (χ3v) is 5.62. The Morgan fingerprint density at radius 1 is 1.16 bits per heavy atom. The van der Waals surface area contributed by atoms with Crippen molar-refractivity contribution in [3.8, 4) is 0 Å². The number of fused-ring (bicyclic) bond motifs is 1. The van der Waals surface area contributed by atoms with Crippen LogP contribution in [0.25, 0.3) is 23.1 Å². The Bertz CT molecular complexity index is 1110. The molecule has 1 amide bonds. The van der Waals surface area contributed by atoms with Gasteiger partial charge in [0, 0.05) is 26.9 Å². The lowest BCUT2D eigenvalue weighted by Gasteiger charge is -2.08. The summed E-state index contributed by atoms with van der Waals surface area (Å²) in [7, 11) is 0. The van der Waals surface area contributed by atoms with Gasteiger partial charge in [-0.05, 0) is 55.2 Å². The number of benzene rings is 2. The number of amides is 1. The molecule has 1 atom stereocenters. The summed E-state index contributed by atoms with van der Waals surface area (Å²) in [5.41, 5.74) is 8.59. The zero-order valence-electron chi connectivity index (χ0n) is 16.7. The monoisotopic (exact) mass is 503 g/mol. The van der Waals surface area contributed by atoms with Crippen LogP contribution in [0.4, 0.5) is 0 Å². The molecule has 3 rings (SSSR count). The summed E-state index contributed by atoms with van der Waals surface area (Å²) in [6, 6.07) is 12.3. The number of unbranched alkanes of at least 4 members (excludes halogenated alkanes) is 1. The Labute approximate surface area is 193 Å². The first-order valence-corrected chi connectivity index (χ1v) is 11.0. The van der Waals surface area contributed by atoms with Gasteiger partial charge in [0.1, 0.15) is 6.04 Å². The highest BCUT2D eigenvalue weighted by molar-refractivity contribution is 9.10. The second-order valence-electron chi connectivity index (χ2n) is 7.18. The highest BCUT2D eigenvalue weighted by atomic mass is 79.9. The topological polar surface area (TPSA) is 108 Å². The standard InChI is InChI=1S/C23H23BrClN3O3/c24-15-7-10-17-20(13-15)28-19(11-6-14-4-8-16(25)9-5-14)21(17)22(29)27-12-2-1-3-18(26)23(30)31/h4-11,13,18,28H,1-3,12,26H2,(H,27,29)(H,30,31). The van der Waals surface area contributed by atoms with Gasteiger partial charge in [-0.1, -0.05) is 51.8 Å². The van der Waals surface area contributed by atoms with Gasteiger partial charge in [0.2, 0.25) is 0 Å².